The summed E-state index contributed by atoms with van der Waals surface area (Å²) in [5, 5.41) is 17.9. The van der Waals surface area contributed by atoms with Crippen LogP contribution in [0.25, 0.3) is 16.9 Å². The normalized spacial score (nSPS) is 12.9. The van der Waals surface area contributed by atoms with Gasteiger partial charge in [-0.1, -0.05) is 30.3 Å². The molecule has 3 heterocycles. The SMILES string of the molecule is Cc1c(N=c2scc(-c3cccc([N+](=O)[O-])c3)n2N=Cc2ccc3c(c2)OCO3)c(=O)n(-c2ccccc2)n1C. The van der Waals surface area contributed by atoms with Gasteiger partial charge in [0.05, 0.1) is 28.2 Å². The molecule has 200 valence electrons. The van der Waals surface area contributed by atoms with Crippen molar-refractivity contribution in [2.45, 2.75) is 6.92 Å². The van der Waals surface area contributed by atoms with Gasteiger partial charge in [0, 0.05) is 30.1 Å². The van der Waals surface area contributed by atoms with Crippen LogP contribution in [0, 0.1) is 17.0 Å². The minimum Gasteiger partial charge on any atom is -0.454 e. The topological polar surface area (TPSA) is 118 Å². The van der Waals surface area contributed by atoms with E-state index in [4.69, 9.17) is 14.5 Å². The lowest BCUT2D eigenvalue weighted by Crippen LogP contribution is -2.19. The molecule has 2 aromatic heterocycles. The summed E-state index contributed by atoms with van der Waals surface area (Å²) < 4.78 is 15.8. The third-order valence-electron chi connectivity index (χ3n) is 6.49. The smallest absolute Gasteiger partial charge is 0.297 e. The van der Waals surface area contributed by atoms with Crippen molar-refractivity contribution in [3.63, 3.8) is 0 Å². The molecule has 0 N–H and O–H groups in total. The predicted octanol–water partition coefficient (Wildman–Crippen LogP) is 4.77. The summed E-state index contributed by atoms with van der Waals surface area (Å²) >= 11 is 1.27. The molecule has 0 bridgehead atoms. The van der Waals surface area contributed by atoms with E-state index in [0.29, 0.717) is 33.3 Å². The minimum atomic E-state index is -0.444. The molecule has 0 radical (unpaired) electrons. The number of non-ortho nitro benzene ring substituents is 1. The number of nitro groups is 1. The molecule has 0 spiro atoms. The molecule has 1 aliphatic rings. The van der Waals surface area contributed by atoms with E-state index in [-0.39, 0.29) is 23.7 Å². The molecular weight excluding hydrogens is 532 g/mol. The number of benzene rings is 3. The Morgan fingerprint density at radius 1 is 1.02 bits per heavy atom. The highest BCUT2D eigenvalue weighted by molar-refractivity contribution is 7.07. The van der Waals surface area contributed by atoms with Crippen molar-refractivity contribution in [2.75, 3.05) is 6.79 Å². The van der Waals surface area contributed by atoms with Crippen LogP contribution >= 0.6 is 11.3 Å². The van der Waals surface area contributed by atoms with Crippen LogP contribution in [0.3, 0.4) is 0 Å². The Hall–Kier alpha value is -5.23. The van der Waals surface area contributed by atoms with E-state index < -0.39 is 4.92 Å². The lowest BCUT2D eigenvalue weighted by Gasteiger charge is -2.07. The molecule has 11 nitrogen and oxygen atoms in total. The zero-order chi connectivity index (χ0) is 27.8. The van der Waals surface area contributed by atoms with E-state index in [1.165, 1.54) is 23.5 Å². The zero-order valence-electron chi connectivity index (χ0n) is 21.4. The van der Waals surface area contributed by atoms with Crippen molar-refractivity contribution in [1.82, 2.24) is 14.0 Å². The number of aromatic nitrogens is 3. The van der Waals surface area contributed by atoms with Crippen molar-refractivity contribution < 1.29 is 14.4 Å². The van der Waals surface area contributed by atoms with Gasteiger partial charge in [-0.3, -0.25) is 19.6 Å². The van der Waals surface area contributed by atoms with Crippen LogP contribution in [0.5, 0.6) is 11.5 Å². The summed E-state index contributed by atoms with van der Waals surface area (Å²) in [6, 6.07) is 21.1. The van der Waals surface area contributed by atoms with E-state index in [2.05, 4.69) is 5.10 Å². The molecule has 0 atom stereocenters. The number of hydrogen-bond donors (Lipinski definition) is 0. The maximum absolute atomic E-state index is 13.5. The number of hydrogen-bond acceptors (Lipinski definition) is 8. The van der Waals surface area contributed by atoms with Gasteiger partial charge in [0.15, 0.2) is 17.2 Å². The number of nitro benzene ring substituents is 1. The fourth-order valence-corrected chi connectivity index (χ4v) is 5.20. The molecule has 0 saturated carbocycles. The van der Waals surface area contributed by atoms with Gasteiger partial charge in [-0.25, -0.2) is 14.4 Å². The monoisotopic (exact) mass is 554 g/mol. The van der Waals surface area contributed by atoms with Crippen molar-refractivity contribution >= 4 is 28.9 Å². The van der Waals surface area contributed by atoms with Crippen LogP contribution in [0.15, 0.2) is 93.1 Å². The van der Waals surface area contributed by atoms with Crippen LogP contribution in [-0.2, 0) is 7.05 Å². The van der Waals surface area contributed by atoms with E-state index in [1.807, 2.05) is 54.8 Å². The predicted molar refractivity (Wildman–Crippen MR) is 151 cm³/mol. The molecule has 5 aromatic rings. The van der Waals surface area contributed by atoms with Gasteiger partial charge >= 0.3 is 0 Å². The van der Waals surface area contributed by atoms with E-state index in [1.54, 1.807) is 45.5 Å². The lowest BCUT2D eigenvalue weighted by molar-refractivity contribution is -0.384. The summed E-state index contributed by atoms with van der Waals surface area (Å²) in [6.45, 7) is 1.99. The highest BCUT2D eigenvalue weighted by Gasteiger charge is 2.18. The number of fused-ring (bicyclic) bond motifs is 1. The molecule has 0 unspecified atom stereocenters. The number of nitrogens with zero attached hydrogens (tertiary/aromatic N) is 6. The third kappa shape index (κ3) is 4.50. The fourth-order valence-electron chi connectivity index (χ4n) is 4.36. The van der Waals surface area contributed by atoms with Gasteiger partial charge in [0.1, 0.15) is 0 Å². The second kappa shape index (κ2) is 10.2. The van der Waals surface area contributed by atoms with Gasteiger partial charge < -0.3 is 9.47 Å². The van der Waals surface area contributed by atoms with Crippen LogP contribution in [0.1, 0.15) is 11.3 Å². The van der Waals surface area contributed by atoms with Crippen molar-refractivity contribution in [3.8, 4) is 28.4 Å². The number of rotatable bonds is 6. The molecule has 0 amide bonds. The molecule has 0 saturated heterocycles. The molecule has 0 fully saturated rings. The number of ether oxygens (including phenoxy) is 2. The van der Waals surface area contributed by atoms with Crippen LogP contribution in [0.4, 0.5) is 11.4 Å². The molecule has 6 rings (SSSR count). The second-order valence-electron chi connectivity index (χ2n) is 8.90. The van der Waals surface area contributed by atoms with Gasteiger partial charge in [-0.05, 0) is 42.8 Å². The Labute approximate surface area is 231 Å². The summed E-state index contributed by atoms with van der Waals surface area (Å²) in [6.07, 6.45) is 1.63. The molecule has 0 aliphatic carbocycles. The summed E-state index contributed by atoms with van der Waals surface area (Å²) in [4.78, 5) is 29.7. The van der Waals surface area contributed by atoms with Crippen LogP contribution in [0.2, 0.25) is 0 Å². The van der Waals surface area contributed by atoms with E-state index >= 15 is 0 Å². The Kier molecular flexibility index (Phi) is 6.36. The van der Waals surface area contributed by atoms with Crippen LogP contribution in [-0.4, -0.2) is 32.0 Å². The standard InChI is InChI=1S/C28H22N6O5S/c1-18-26(27(35)33(31(18)2)21-8-4-3-5-9-21)30-28-32(29-15-19-11-12-24-25(13-19)39-17-38-24)23(16-40-28)20-7-6-10-22(14-20)34(36)37/h3-16H,17H2,1-2H3. The quantitative estimate of drug-likeness (QED) is 0.170. The largest absolute Gasteiger partial charge is 0.454 e. The average molecular weight is 555 g/mol. The van der Waals surface area contributed by atoms with Gasteiger partial charge in [0.25, 0.3) is 11.2 Å². The summed E-state index contributed by atoms with van der Waals surface area (Å²) in [7, 11) is 1.80. The average Bonchev–Trinajstić information content (AvgIpc) is 3.66. The van der Waals surface area contributed by atoms with Gasteiger partial charge in [-0.2, -0.15) is 5.10 Å². The molecule has 1 aliphatic heterocycles. The Morgan fingerprint density at radius 3 is 2.62 bits per heavy atom. The molecule has 3 aromatic carbocycles. The maximum Gasteiger partial charge on any atom is 0.297 e. The Balaban J connectivity index is 1.52. The van der Waals surface area contributed by atoms with Crippen molar-refractivity contribution in [3.05, 3.63) is 115 Å². The fraction of sp³-hybridized carbons (Fsp3) is 0.107. The van der Waals surface area contributed by atoms with Crippen molar-refractivity contribution in [2.24, 2.45) is 17.1 Å². The van der Waals surface area contributed by atoms with E-state index in [0.717, 1.165) is 11.3 Å². The second-order valence-corrected chi connectivity index (χ2v) is 9.74. The highest BCUT2D eigenvalue weighted by Crippen LogP contribution is 2.32. The Morgan fingerprint density at radius 2 is 1.82 bits per heavy atom. The summed E-state index contributed by atoms with van der Waals surface area (Å²) in [5.41, 5.74) is 3.26. The van der Waals surface area contributed by atoms with Crippen molar-refractivity contribution in [1.29, 1.82) is 0 Å². The maximum atomic E-state index is 13.5. The summed E-state index contributed by atoms with van der Waals surface area (Å²) in [5.74, 6) is 1.27. The van der Waals surface area contributed by atoms with Crippen LogP contribution < -0.4 is 19.8 Å². The first-order valence-corrected chi connectivity index (χ1v) is 13.1. The van der Waals surface area contributed by atoms with Gasteiger partial charge in [0.2, 0.25) is 11.6 Å². The number of para-hydroxylation sites is 1. The molecular formula is C28H22N6O5S. The minimum absolute atomic E-state index is 0.0434. The zero-order valence-corrected chi connectivity index (χ0v) is 22.2. The molecule has 12 heteroatoms. The first kappa shape index (κ1) is 25.1. The first-order chi connectivity index (χ1) is 19.4. The first-order valence-electron chi connectivity index (χ1n) is 12.2. The molecule has 40 heavy (non-hydrogen) atoms. The Bertz CT molecular complexity index is 1920. The lowest BCUT2D eigenvalue weighted by atomic mass is 10.1. The highest BCUT2D eigenvalue weighted by atomic mass is 32.1. The number of thiazole rings is 1. The van der Waals surface area contributed by atoms with Gasteiger partial charge in [-0.15, -0.1) is 11.3 Å². The van der Waals surface area contributed by atoms with E-state index in [9.17, 15) is 14.9 Å². The third-order valence-corrected chi connectivity index (χ3v) is 7.30.